The van der Waals surface area contributed by atoms with Crippen molar-refractivity contribution in [3.63, 3.8) is 0 Å². The first-order valence-electron chi connectivity index (χ1n) is 9.73. The fourth-order valence-electron chi connectivity index (χ4n) is 5.00. The molecule has 2 aromatic rings. The van der Waals surface area contributed by atoms with Crippen molar-refractivity contribution < 1.29 is 9.18 Å². The highest BCUT2D eigenvalue weighted by Crippen LogP contribution is 2.44. The lowest BCUT2D eigenvalue weighted by Gasteiger charge is -2.56. The molecule has 3 nitrogen and oxygen atoms in total. The highest BCUT2D eigenvalue weighted by Gasteiger charge is 2.48. The highest BCUT2D eigenvalue weighted by atomic mass is 32.1. The number of hydrogen-bond acceptors (Lipinski definition) is 3. The first kappa shape index (κ1) is 16.7. The summed E-state index contributed by atoms with van der Waals surface area (Å²) in [5, 5.41) is 4.14. The van der Waals surface area contributed by atoms with Crippen LogP contribution in [-0.2, 0) is 0 Å². The van der Waals surface area contributed by atoms with E-state index in [0.29, 0.717) is 21.4 Å². The molecule has 26 heavy (non-hydrogen) atoms. The summed E-state index contributed by atoms with van der Waals surface area (Å²) in [5.41, 5.74) is 0.808. The average molecular weight is 373 g/mol. The second-order valence-corrected chi connectivity index (χ2v) is 9.75. The van der Waals surface area contributed by atoms with E-state index in [1.165, 1.54) is 11.3 Å². The van der Waals surface area contributed by atoms with Crippen LogP contribution in [-0.4, -0.2) is 35.5 Å². The Labute approximate surface area is 157 Å². The number of amides is 1. The van der Waals surface area contributed by atoms with Crippen LogP contribution >= 0.6 is 11.3 Å². The molecule has 0 radical (unpaired) electrons. The van der Waals surface area contributed by atoms with Crippen molar-refractivity contribution in [3.8, 4) is 0 Å². The van der Waals surface area contributed by atoms with Gasteiger partial charge in [0, 0.05) is 11.6 Å². The van der Waals surface area contributed by atoms with Crippen molar-refractivity contribution in [2.24, 2.45) is 5.92 Å². The first-order valence-corrected chi connectivity index (χ1v) is 10.5. The molecule has 4 heterocycles. The third-order valence-electron chi connectivity index (χ3n) is 6.77. The van der Waals surface area contributed by atoms with Crippen molar-refractivity contribution in [1.82, 2.24) is 10.2 Å². The van der Waals surface area contributed by atoms with Crippen molar-refractivity contribution >= 4 is 27.3 Å². The Hall–Kier alpha value is -1.46. The Morgan fingerprint density at radius 1 is 1.23 bits per heavy atom. The molecule has 1 aromatic carbocycles. The van der Waals surface area contributed by atoms with E-state index in [1.54, 1.807) is 0 Å². The molecule has 1 aromatic heterocycles. The third-order valence-corrected chi connectivity index (χ3v) is 7.91. The van der Waals surface area contributed by atoms with Crippen LogP contribution in [0.25, 0.3) is 10.1 Å². The van der Waals surface area contributed by atoms with E-state index in [-0.39, 0.29) is 23.3 Å². The van der Waals surface area contributed by atoms with Gasteiger partial charge in [-0.1, -0.05) is 12.1 Å². The molecule has 3 saturated heterocycles. The van der Waals surface area contributed by atoms with E-state index >= 15 is 0 Å². The van der Waals surface area contributed by atoms with E-state index in [2.05, 4.69) is 24.1 Å². The van der Waals surface area contributed by atoms with Crippen molar-refractivity contribution in [2.45, 2.75) is 57.0 Å². The number of halogens is 1. The van der Waals surface area contributed by atoms with Crippen LogP contribution in [0.3, 0.4) is 0 Å². The summed E-state index contributed by atoms with van der Waals surface area (Å²) >= 11 is 1.30. The smallest absolute Gasteiger partial charge is 0.261 e. The maximum atomic E-state index is 14.8. The minimum atomic E-state index is -0.114. The van der Waals surface area contributed by atoms with Gasteiger partial charge < -0.3 is 5.32 Å². The van der Waals surface area contributed by atoms with Gasteiger partial charge in [-0.15, -0.1) is 11.3 Å². The highest BCUT2D eigenvalue weighted by molar-refractivity contribution is 7.20. The van der Waals surface area contributed by atoms with E-state index in [1.807, 2.05) is 18.2 Å². The maximum Gasteiger partial charge on any atom is 0.261 e. The largest absolute Gasteiger partial charge is 0.346 e. The normalized spacial score (nSPS) is 29.9. The van der Waals surface area contributed by atoms with Gasteiger partial charge in [-0.25, -0.2) is 4.39 Å². The van der Waals surface area contributed by atoms with Gasteiger partial charge in [-0.05, 0) is 81.5 Å². The quantitative estimate of drug-likeness (QED) is 0.859. The number of piperidine rings is 3. The molecule has 1 saturated carbocycles. The molecule has 4 aliphatic rings. The van der Waals surface area contributed by atoms with Crippen LogP contribution < -0.4 is 5.32 Å². The lowest BCUT2D eigenvalue weighted by atomic mass is 9.72. The van der Waals surface area contributed by atoms with Crippen molar-refractivity contribution in [2.75, 3.05) is 13.1 Å². The third kappa shape index (κ3) is 2.51. The van der Waals surface area contributed by atoms with Gasteiger partial charge in [0.15, 0.2) is 0 Å². The Bertz CT molecular complexity index is 878. The molecule has 1 atom stereocenters. The molecule has 138 valence electrons. The monoisotopic (exact) mass is 372 g/mol. The minimum absolute atomic E-state index is 0.0160. The number of hydrogen-bond donors (Lipinski definition) is 1. The Morgan fingerprint density at radius 2 is 1.96 bits per heavy atom. The summed E-state index contributed by atoms with van der Waals surface area (Å²) in [6.07, 6.45) is 4.46. The predicted molar refractivity (Wildman–Crippen MR) is 103 cm³/mol. The molecule has 0 spiro atoms. The number of nitrogens with one attached hydrogen (secondary N) is 1. The molecule has 1 aliphatic carbocycles. The summed E-state index contributed by atoms with van der Waals surface area (Å²) in [7, 11) is 0. The van der Waals surface area contributed by atoms with Crippen LogP contribution in [0.15, 0.2) is 18.2 Å². The lowest BCUT2D eigenvalue weighted by Crippen LogP contribution is -2.69. The molecule has 3 aliphatic heterocycles. The number of carbonyl (C=O) groups is 1. The molecular weight excluding hydrogens is 347 g/mol. The van der Waals surface area contributed by atoms with Crippen LogP contribution in [0.1, 0.15) is 60.7 Å². The molecule has 4 fully saturated rings. The summed E-state index contributed by atoms with van der Waals surface area (Å²) in [4.78, 5) is 16.1. The van der Waals surface area contributed by atoms with Gasteiger partial charge in [0.25, 0.3) is 5.91 Å². The molecule has 0 unspecified atom stereocenters. The average Bonchev–Trinajstić information content (AvgIpc) is 3.36. The minimum Gasteiger partial charge on any atom is -0.346 e. The van der Waals surface area contributed by atoms with Gasteiger partial charge in [-0.2, -0.15) is 0 Å². The second-order valence-electron chi connectivity index (χ2n) is 8.70. The van der Waals surface area contributed by atoms with Gasteiger partial charge in [0.2, 0.25) is 0 Å². The molecule has 5 heteroatoms. The number of fused-ring (bicyclic) bond motifs is 4. The number of rotatable bonds is 3. The Morgan fingerprint density at radius 3 is 2.62 bits per heavy atom. The van der Waals surface area contributed by atoms with Gasteiger partial charge >= 0.3 is 0 Å². The van der Waals surface area contributed by atoms with E-state index in [4.69, 9.17) is 0 Å². The summed E-state index contributed by atoms with van der Waals surface area (Å²) < 4.78 is 15.4. The summed E-state index contributed by atoms with van der Waals surface area (Å²) in [6.45, 7) is 6.72. The van der Waals surface area contributed by atoms with E-state index in [9.17, 15) is 9.18 Å². The zero-order valence-electron chi connectivity index (χ0n) is 15.3. The van der Waals surface area contributed by atoms with Crippen LogP contribution in [0, 0.1) is 11.7 Å². The van der Waals surface area contributed by atoms with Crippen molar-refractivity contribution in [3.05, 3.63) is 34.5 Å². The Kier molecular flexibility index (Phi) is 3.70. The van der Waals surface area contributed by atoms with Crippen LogP contribution in [0.4, 0.5) is 4.39 Å². The lowest BCUT2D eigenvalue weighted by molar-refractivity contribution is -0.0377. The number of carbonyl (C=O) groups excluding carboxylic acids is 1. The van der Waals surface area contributed by atoms with Crippen LogP contribution in [0.5, 0.6) is 0 Å². The van der Waals surface area contributed by atoms with Crippen LogP contribution in [0.2, 0.25) is 0 Å². The van der Waals surface area contributed by atoms with Gasteiger partial charge in [0.1, 0.15) is 5.82 Å². The fraction of sp³-hybridized carbons (Fsp3) is 0.571. The molecule has 2 bridgehead atoms. The summed E-state index contributed by atoms with van der Waals surface area (Å²) in [5.74, 6) is 0.764. The summed E-state index contributed by atoms with van der Waals surface area (Å²) in [6, 6.07) is 5.89. The zero-order valence-corrected chi connectivity index (χ0v) is 16.2. The van der Waals surface area contributed by atoms with E-state index in [0.717, 1.165) is 49.7 Å². The molecular formula is C21H25FN2OS. The first-order chi connectivity index (χ1) is 12.4. The van der Waals surface area contributed by atoms with E-state index < -0.39 is 0 Å². The second kappa shape index (κ2) is 5.77. The number of thiophene rings is 1. The maximum absolute atomic E-state index is 14.8. The Balaban J connectivity index is 1.43. The zero-order chi connectivity index (χ0) is 18.1. The molecule has 6 rings (SSSR count). The fourth-order valence-corrected chi connectivity index (χ4v) is 6.00. The van der Waals surface area contributed by atoms with Gasteiger partial charge in [0.05, 0.1) is 9.58 Å². The molecule has 1 amide bonds. The van der Waals surface area contributed by atoms with Crippen molar-refractivity contribution in [1.29, 1.82) is 0 Å². The van der Waals surface area contributed by atoms with Gasteiger partial charge in [-0.3, -0.25) is 9.69 Å². The standard InChI is InChI=1S/C21H25FN2OS/c1-21(2)19(13-7-9-24(21)10-8-13)23-20(25)16-11-14-5-6-15(12-3-4-12)17(22)18(14)26-16/h5-6,11-13,19H,3-4,7-10H2,1-2H3,(H,23,25)/t19-/m0/s1. The topological polar surface area (TPSA) is 32.3 Å². The number of benzene rings is 1. The SMILES string of the molecule is CC1(C)[C@@H](NC(=O)c2cc3ccc(C4CC4)c(F)c3s2)C2CCN1CC2. The molecule has 1 N–H and O–H groups in total. The number of nitrogens with zero attached hydrogens (tertiary/aromatic N) is 1. The predicted octanol–water partition coefficient (Wildman–Crippen LogP) is 4.52.